The molecule has 0 radical (unpaired) electrons. The van der Waals surface area contributed by atoms with E-state index in [9.17, 15) is 9.59 Å². The van der Waals surface area contributed by atoms with E-state index in [-0.39, 0.29) is 36.3 Å². The van der Waals surface area contributed by atoms with Crippen molar-refractivity contribution in [2.75, 3.05) is 26.3 Å². The van der Waals surface area contributed by atoms with Crippen LogP contribution in [0.4, 0.5) is 0 Å². The van der Waals surface area contributed by atoms with Gasteiger partial charge in [0.15, 0.2) is 0 Å². The molecule has 1 saturated carbocycles. The van der Waals surface area contributed by atoms with E-state index in [1.54, 1.807) is 4.90 Å². The first-order valence-electron chi connectivity index (χ1n) is 7.97. The lowest BCUT2D eigenvalue weighted by molar-refractivity contribution is -0.153. The van der Waals surface area contributed by atoms with Crippen LogP contribution in [0.5, 0.6) is 0 Å². The zero-order valence-electron chi connectivity index (χ0n) is 13.0. The largest absolute Gasteiger partial charge is 0.377 e. The molecule has 4 atom stereocenters. The summed E-state index contributed by atoms with van der Waals surface area (Å²) >= 11 is 0. The highest BCUT2D eigenvalue weighted by Crippen LogP contribution is 2.31. The topological polar surface area (TPSA) is 84.7 Å². The Bertz CT molecular complexity index is 388. The molecule has 6 nitrogen and oxygen atoms in total. The van der Waals surface area contributed by atoms with Crippen LogP contribution in [0.1, 0.15) is 33.1 Å². The van der Waals surface area contributed by atoms with Crippen molar-refractivity contribution in [1.29, 1.82) is 0 Å². The minimum Gasteiger partial charge on any atom is -0.377 e. The van der Waals surface area contributed by atoms with Gasteiger partial charge in [-0.05, 0) is 25.7 Å². The molecule has 2 amide bonds. The maximum Gasteiger partial charge on any atom is 0.245 e. The highest BCUT2D eigenvalue weighted by atomic mass is 16.5. The van der Waals surface area contributed by atoms with Crippen LogP contribution in [0.15, 0.2) is 0 Å². The Hall–Kier alpha value is -1.14. The van der Waals surface area contributed by atoms with Crippen molar-refractivity contribution in [2.45, 2.75) is 45.2 Å². The van der Waals surface area contributed by atoms with Gasteiger partial charge in [0.1, 0.15) is 6.04 Å². The van der Waals surface area contributed by atoms with E-state index in [0.717, 1.165) is 19.3 Å². The van der Waals surface area contributed by atoms with Crippen molar-refractivity contribution in [3.8, 4) is 0 Å². The maximum atomic E-state index is 12.9. The Morgan fingerprint density at radius 3 is 2.86 bits per heavy atom. The van der Waals surface area contributed by atoms with Gasteiger partial charge in [-0.25, -0.2) is 0 Å². The van der Waals surface area contributed by atoms with E-state index >= 15 is 0 Å². The summed E-state index contributed by atoms with van der Waals surface area (Å²) in [5.74, 6) is 0.0447. The first-order valence-corrected chi connectivity index (χ1v) is 7.97. The van der Waals surface area contributed by atoms with Crippen LogP contribution >= 0.6 is 0 Å². The SMILES string of the molecule is CCNC(=O)C1COCCN1C(=O)C1CCCC(N)C1C. The van der Waals surface area contributed by atoms with Crippen LogP contribution in [0.2, 0.25) is 0 Å². The average molecular weight is 297 g/mol. The Balaban J connectivity index is 2.09. The number of hydrogen-bond donors (Lipinski definition) is 2. The molecule has 0 bridgehead atoms. The molecule has 1 saturated heterocycles. The van der Waals surface area contributed by atoms with Crippen molar-refractivity contribution in [1.82, 2.24) is 10.2 Å². The highest BCUT2D eigenvalue weighted by molar-refractivity contribution is 5.89. The van der Waals surface area contributed by atoms with Crippen LogP contribution in [0, 0.1) is 11.8 Å². The highest BCUT2D eigenvalue weighted by Gasteiger charge is 2.40. The van der Waals surface area contributed by atoms with Gasteiger partial charge in [0.25, 0.3) is 0 Å². The zero-order valence-corrected chi connectivity index (χ0v) is 13.0. The number of morpholine rings is 1. The summed E-state index contributed by atoms with van der Waals surface area (Å²) < 4.78 is 5.39. The van der Waals surface area contributed by atoms with Crippen LogP contribution < -0.4 is 11.1 Å². The summed E-state index contributed by atoms with van der Waals surface area (Å²) in [6, 6.07) is -0.423. The van der Waals surface area contributed by atoms with Crippen LogP contribution in [-0.4, -0.2) is 55.1 Å². The van der Waals surface area contributed by atoms with E-state index in [4.69, 9.17) is 10.5 Å². The lowest BCUT2D eigenvalue weighted by atomic mass is 9.76. The number of carbonyl (C=O) groups is 2. The van der Waals surface area contributed by atoms with E-state index in [1.165, 1.54) is 0 Å². The molecular formula is C15H27N3O3. The Kier molecular flexibility index (Phi) is 5.58. The lowest BCUT2D eigenvalue weighted by Crippen LogP contribution is -2.58. The Morgan fingerprint density at radius 2 is 2.14 bits per heavy atom. The number of hydrogen-bond acceptors (Lipinski definition) is 4. The first-order chi connectivity index (χ1) is 10.1. The number of amides is 2. The van der Waals surface area contributed by atoms with Crippen LogP contribution in [-0.2, 0) is 14.3 Å². The summed E-state index contributed by atoms with van der Waals surface area (Å²) in [7, 11) is 0. The number of nitrogens with two attached hydrogens (primary N) is 1. The molecule has 120 valence electrons. The molecular weight excluding hydrogens is 270 g/mol. The molecule has 21 heavy (non-hydrogen) atoms. The van der Waals surface area contributed by atoms with Crippen molar-refractivity contribution in [3.63, 3.8) is 0 Å². The smallest absolute Gasteiger partial charge is 0.245 e. The predicted octanol–water partition coefficient (Wildman–Crippen LogP) is 0.113. The van der Waals surface area contributed by atoms with E-state index < -0.39 is 6.04 Å². The minimum absolute atomic E-state index is 0.0659. The van der Waals surface area contributed by atoms with Crippen LogP contribution in [0.25, 0.3) is 0 Å². The fourth-order valence-corrected chi connectivity index (χ4v) is 3.34. The normalized spacial score (nSPS) is 33.6. The maximum absolute atomic E-state index is 12.9. The van der Waals surface area contributed by atoms with Crippen molar-refractivity contribution in [2.24, 2.45) is 17.6 Å². The molecule has 2 fully saturated rings. The van der Waals surface area contributed by atoms with Gasteiger partial charge in [-0.15, -0.1) is 0 Å². The molecule has 6 heteroatoms. The Labute approximate surface area is 126 Å². The van der Waals surface area contributed by atoms with Gasteiger partial charge in [0, 0.05) is 25.0 Å². The second-order valence-corrected chi connectivity index (χ2v) is 6.08. The van der Waals surface area contributed by atoms with Gasteiger partial charge in [0.2, 0.25) is 11.8 Å². The number of likely N-dealkylation sites (N-methyl/N-ethyl adjacent to an activating group) is 1. The van der Waals surface area contributed by atoms with E-state index in [2.05, 4.69) is 5.32 Å². The second-order valence-electron chi connectivity index (χ2n) is 6.08. The van der Waals surface area contributed by atoms with Gasteiger partial charge >= 0.3 is 0 Å². The third kappa shape index (κ3) is 3.55. The number of carbonyl (C=O) groups excluding carboxylic acids is 2. The molecule has 0 aromatic heterocycles. The number of ether oxygens (including phenoxy) is 1. The lowest BCUT2D eigenvalue weighted by Gasteiger charge is -2.40. The summed E-state index contributed by atoms with van der Waals surface area (Å²) in [4.78, 5) is 26.7. The van der Waals surface area contributed by atoms with E-state index in [0.29, 0.717) is 19.7 Å². The molecule has 1 aliphatic carbocycles. The molecule has 3 N–H and O–H groups in total. The van der Waals surface area contributed by atoms with Gasteiger partial charge in [-0.3, -0.25) is 9.59 Å². The number of nitrogens with one attached hydrogen (secondary N) is 1. The number of nitrogens with zero attached hydrogens (tertiary/aromatic N) is 1. The van der Waals surface area contributed by atoms with E-state index in [1.807, 2.05) is 13.8 Å². The van der Waals surface area contributed by atoms with Crippen molar-refractivity contribution in [3.05, 3.63) is 0 Å². The molecule has 0 aromatic rings. The van der Waals surface area contributed by atoms with Crippen molar-refractivity contribution < 1.29 is 14.3 Å². The summed E-state index contributed by atoms with van der Waals surface area (Å²) in [5, 5.41) is 2.79. The minimum atomic E-state index is -0.503. The summed E-state index contributed by atoms with van der Waals surface area (Å²) in [6.45, 7) is 5.74. The summed E-state index contributed by atoms with van der Waals surface area (Å²) in [6.07, 6.45) is 2.83. The predicted molar refractivity (Wildman–Crippen MR) is 79.5 cm³/mol. The molecule has 2 aliphatic rings. The third-order valence-electron chi connectivity index (χ3n) is 4.75. The van der Waals surface area contributed by atoms with Crippen LogP contribution in [0.3, 0.4) is 0 Å². The quantitative estimate of drug-likeness (QED) is 0.774. The zero-order chi connectivity index (χ0) is 15.4. The average Bonchev–Trinajstić information content (AvgIpc) is 2.49. The van der Waals surface area contributed by atoms with Gasteiger partial charge in [0.05, 0.1) is 13.2 Å². The second kappa shape index (κ2) is 7.22. The molecule has 4 unspecified atom stereocenters. The monoisotopic (exact) mass is 297 g/mol. The van der Waals surface area contributed by atoms with Gasteiger partial charge in [-0.2, -0.15) is 0 Å². The fourth-order valence-electron chi connectivity index (χ4n) is 3.34. The molecule has 1 aliphatic heterocycles. The molecule has 2 rings (SSSR count). The fraction of sp³-hybridized carbons (Fsp3) is 0.867. The standard InChI is InChI=1S/C15H27N3O3/c1-3-17-14(19)13-9-21-8-7-18(13)15(20)11-5-4-6-12(16)10(11)2/h10-13H,3-9,16H2,1-2H3,(H,17,19). The molecule has 0 spiro atoms. The molecule has 0 aromatic carbocycles. The first kappa shape index (κ1) is 16.2. The number of rotatable bonds is 3. The third-order valence-corrected chi connectivity index (χ3v) is 4.75. The Morgan fingerprint density at radius 1 is 1.38 bits per heavy atom. The summed E-state index contributed by atoms with van der Waals surface area (Å²) in [5.41, 5.74) is 6.10. The van der Waals surface area contributed by atoms with Gasteiger partial charge < -0.3 is 20.7 Å². The van der Waals surface area contributed by atoms with Crippen molar-refractivity contribution >= 4 is 11.8 Å². The van der Waals surface area contributed by atoms with Gasteiger partial charge in [-0.1, -0.05) is 13.3 Å². The molecule has 1 heterocycles.